The fourth-order valence-corrected chi connectivity index (χ4v) is 3.24. The Morgan fingerprint density at radius 2 is 2.00 bits per heavy atom. The van der Waals surface area contributed by atoms with Gasteiger partial charge in [0.2, 0.25) is 0 Å². The Labute approximate surface area is 185 Å². The first-order valence-electron chi connectivity index (χ1n) is 8.58. The van der Waals surface area contributed by atoms with Crippen molar-refractivity contribution >= 4 is 51.2 Å². The maximum Gasteiger partial charge on any atom is 0.339 e. The van der Waals surface area contributed by atoms with E-state index < -0.39 is 11.9 Å². The first-order valence-corrected chi connectivity index (χ1v) is 9.75. The number of furan rings is 1. The molecule has 0 aliphatic heterocycles. The summed E-state index contributed by atoms with van der Waals surface area (Å²) in [5, 5.41) is 12.2. The van der Waals surface area contributed by atoms with Crippen molar-refractivity contribution in [1.29, 1.82) is 5.26 Å². The molecule has 0 aliphatic rings. The number of amides is 1. The largest absolute Gasteiger partial charge is 0.465 e. The molecule has 8 heteroatoms. The summed E-state index contributed by atoms with van der Waals surface area (Å²) in [4.78, 5) is 24.0. The molecular formula is C22H14BrClN2O4. The van der Waals surface area contributed by atoms with Crippen LogP contribution < -0.4 is 5.32 Å². The number of anilines is 1. The molecule has 0 unspecified atom stereocenters. The number of rotatable bonds is 5. The Morgan fingerprint density at radius 3 is 2.67 bits per heavy atom. The van der Waals surface area contributed by atoms with Gasteiger partial charge in [-0.15, -0.1) is 0 Å². The number of ether oxygens (including phenoxy) is 1. The summed E-state index contributed by atoms with van der Waals surface area (Å²) in [5.74, 6) is -0.313. The summed E-state index contributed by atoms with van der Waals surface area (Å²) in [6, 6.07) is 17.0. The molecule has 150 valence electrons. The predicted octanol–water partition coefficient (Wildman–Crippen LogP) is 5.69. The minimum absolute atomic E-state index is 0.116. The quantitative estimate of drug-likeness (QED) is 0.284. The van der Waals surface area contributed by atoms with Gasteiger partial charge in [-0.3, -0.25) is 4.79 Å². The lowest BCUT2D eigenvalue weighted by atomic mass is 10.1. The number of methoxy groups -OCH3 is 1. The summed E-state index contributed by atoms with van der Waals surface area (Å²) in [5.41, 5.74) is 1.31. The lowest BCUT2D eigenvalue weighted by molar-refractivity contribution is -0.112. The number of nitrogens with zero attached hydrogens (tertiary/aromatic N) is 1. The second-order valence-corrected chi connectivity index (χ2v) is 7.35. The first kappa shape index (κ1) is 21.4. The minimum atomic E-state index is -0.556. The van der Waals surface area contributed by atoms with Gasteiger partial charge in [0.05, 0.1) is 17.7 Å². The number of carbonyl (C=O) groups is 2. The van der Waals surface area contributed by atoms with E-state index in [1.165, 1.54) is 19.3 Å². The Kier molecular flexibility index (Phi) is 6.72. The van der Waals surface area contributed by atoms with Crippen molar-refractivity contribution in [1.82, 2.24) is 0 Å². The number of hydrogen-bond donors (Lipinski definition) is 1. The van der Waals surface area contributed by atoms with Crippen molar-refractivity contribution in [2.75, 3.05) is 12.4 Å². The van der Waals surface area contributed by atoms with Crippen LogP contribution in [0.25, 0.3) is 17.4 Å². The lowest BCUT2D eigenvalue weighted by Crippen LogP contribution is -2.13. The third-order valence-corrected chi connectivity index (χ3v) is 4.83. The zero-order valence-electron chi connectivity index (χ0n) is 15.6. The van der Waals surface area contributed by atoms with E-state index in [0.29, 0.717) is 22.8 Å². The number of benzene rings is 2. The highest BCUT2D eigenvalue weighted by Gasteiger charge is 2.14. The molecule has 2 aromatic carbocycles. The molecule has 0 bridgehead atoms. The number of nitriles is 1. The highest BCUT2D eigenvalue weighted by atomic mass is 79.9. The highest BCUT2D eigenvalue weighted by molar-refractivity contribution is 9.10. The van der Waals surface area contributed by atoms with Crippen molar-refractivity contribution in [3.8, 4) is 17.4 Å². The van der Waals surface area contributed by atoms with E-state index in [1.54, 1.807) is 42.5 Å². The van der Waals surface area contributed by atoms with E-state index in [9.17, 15) is 14.9 Å². The van der Waals surface area contributed by atoms with Gasteiger partial charge in [0.15, 0.2) is 0 Å². The first-order chi connectivity index (χ1) is 14.4. The standard InChI is InChI=1S/C22H14BrClN2O4/c1-29-22(28)18-7-5-13(10-19(18)24)20-8-6-17(30-20)9-14(12-25)21(27)26-16-4-2-3-15(23)11-16/h2-11H,1H3,(H,26,27)/b14-9-. The molecule has 0 atom stereocenters. The topological polar surface area (TPSA) is 92.3 Å². The summed E-state index contributed by atoms with van der Waals surface area (Å²) in [6.07, 6.45) is 1.35. The maximum atomic E-state index is 12.4. The molecule has 1 N–H and O–H groups in total. The summed E-state index contributed by atoms with van der Waals surface area (Å²) < 4.78 is 11.2. The minimum Gasteiger partial charge on any atom is -0.465 e. The Balaban J connectivity index is 1.81. The Bertz CT molecular complexity index is 1190. The fourth-order valence-electron chi connectivity index (χ4n) is 2.58. The number of hydrogen-bond acceptors (Lipinski definition) is 5. The highest BCUT2D eigenvalue weighted by Crippen LogP contribution is 2.28. The molecule has 3 aromatic rings. The average Bonchev–Trinajstić information content (AvgIpc) is 3.20. The molecule has 1 aromatic heterocycles. The normalized spacial score (nSPS) is 10.9. The third kappa shape index (κ3) is 4.98. The molecule has 0 aliphatic carbocycles. The molecule has 1 amide bonds. The van der Waals surface area contributed by atoms with Gasteiger partial charge in [-0.2, -0.15) is 5.26 Å². The van der Waals surface area contributed by atoms with Crippen LogP contribution in [0, 0.1) is 11.3 Å². The Hall–Kier alpha value is -3.34. The fraction of sp³-hybridized carbons (Fsp3) is 0.0455. The molecule has 6 nitrogen and oxygen atoms in total. The lowest BCUT2D eigenvalue weighted by Gasteiger charge is -2.04. The summed E-state index contributed by atoms with van der Waals surface area (Å²) in [7, 11) is 1.28. The van der Waals surface area contributed by atoms with Gasteiger partial charge in [0.25, 0.3) is 5.91 Å². The number of carbonyl (C=O) groups excluding carboxylic acids is 2. The molecule has 0 spiro atoms. The van der Waals surface area contributed by atoms with Gasteiger partial charge < -0.3 is 14.5 Å². The van der Waals surface area contributed by atoms with Crippen LogP contribution in [0.3, 0.4) is 0 Å². The van der Waals surface area contributed by atoms with Crippen LogP contribution in [0.1, 0.15) is 16.1 Å². The molecule has 0 saturated carbocycles. The van der Waals surface area contributed by atoms with Crippen LogP contribution in [0.2, 0.25) is 5.02 Å². The zero-order valence-corrected chi connectivity index (χ0v) is 18.0. The number of halogens is 2. The van der Waals surface area contributed by atoms with Gasteiger partial charge in [-0.25, -0.2) is 4.79 Å². The van der Waals surface area contributed by atoms with Gasteiger partial charge in [0, 0.05) is 21.8 Å². The SMILES string of the molecule is COC(=O)c1ccc(-c2ccc(/C=C(/C#N)C(=O)Nc3cccc(Br)c3)o2)cc1Cl. The van der Waals surface area contributed by atoms with E-state index in [2.05, 4.69) is 26.0 Å². The van der Waals surface area contributed by atoms with Crippen LogP contribution >= 0.6 is 27.5 Å². The van der Waals surface area contributed by atoms with Gasteiger partial charge in [-0.1, -0.05) is 39.7 Å². The monoisotopic (exact) mass is 484 g/mol. The van der Waals surface area contributed by atoms with Crippen LogP contribution in [-0.2, 0) is 9.53 Å². The van der Waals surface area contributed by atoms with E-state index in [0.717, 1.165) is 4.47 Å². The Morgan fingerprint density at radius 1 is 1.20 bits per heavy atom. The van der Waals surface area contributed by atoms with Crippen LogP contribution in [0.15, 0.2) is 69.1 Å². The second-order valence-electron chi connectivity index (χ2n) is 6.02. The van der Waals surface area contributed by atoms with Crippen molar-refractivity contribution < 1.29 is 18.7 Å². The molecule has 1 heterocycles. The average molecular weight is 486 g/mol. The number of esters is 1. The third-order valence-electron chi connectivity index (χ3n) is 4.02. The second kappa shape index (κ2) is 9.44. The van der Waals surface area contributed by atoms with Crippen molar-refractivity contribution in [2.45, 2.75) is 0 Å². The molecule has 30 heavy (non-hydrogen) atoms. The zero-order chi connectivity index (χ0) is 21.7. The van der Waals surface area contributed by atoms with Crippen LogP contribution in [0.4, 0.5) is 5.69 Å². The van der Waals surface area contributed by atoms with Gasteiger partial charge in [0.1, 0.15) is 23.2 Å². The molecule has 3 rings (SSSR count). The van der Waals surface area contributed by atoms with Crippen LogP contribution in [-0.4, -0.2) is 19.0 Å². The molecular weight excluding hydrogens is 472 g/mol. The van der Waals surface area contributed by atoms with E-state index >= 15 is 0 Å². The maximum absolute atomic E-state index is 12.4. The summed E-state index contributed by atoms with van der Waals surface area (Å²) in [6.45, 7) is 0. The smallest absolute Gasteiger partial charge is 0.339 e. The van der Waals surface area contributed by atoms with E-state index in [4.69, 9.17) is 16.0 Å². The van der Waals surface area contributed by atoms with Gasteiger partial charge >= 0.3 is 5.97 Å². The van der Waals surface area contributed by atoms with E-state index in [-0.39, 0.29) is 16.2 Å². The summed E-state index contributed by atoms with van der Waals surface area (Å²) >= 11 is 9.47. The van der Waals surface area contributed by atoms with Crippen LogP contribution in [0.5, 0.6) is 0 Å². The van der Waals surface area contributed by atoms with Gasteiger partial charge in [-0.05, 0) is 42.5 Å². The molecule has 0 fully saturated rings. The molecule has 0 radical (unpaired) electrons. The van der Waals surface area contributed by atoms with Crippen molar-refractivity contribution in [3.63, 3.8) is 0 Å². The predicted molar refractivity (Wildman–Crippen MR) is 117 cm³/mol. The molecule has 0 saturated heterocycles. The van der Waals surface area contributed by atoms with Crippen molar-refractivity contribution in [2.24, 2.45) is 0 Å². The van der Waals surface area contributed by atoms with E-state index in [1.807, 2.05) is 12.1 Å². The van der Waals surface area contributed by atoms with Crippen molar-refractivity contribution in [3.05, 3.63) is 81.0 Å². The number of nitrogens with one attached hydrogen (secondary N) is 1.